The van der Waals surface area contributed by atoms with Crippen molar-refractivity contribution in [3.8, 4) is 0 Å². The number of rotatable bonds is 3. The summed E-state index contributed by atoms with van der Waals surface area (Å²) in [5, 5.41) is 3.25. The Balaban J connectivity index is 1.60. The maximum atomic E-state index is 12.5. The summed E-state index contributed by atoms with van der Waals surface area (Å²) >= 11 is 6.90. The lowest BCUT2D eigenvalue weighted by Gasteiger charge is -2.36. The molecule has 128 valence electrons. The third-order valence-electron chi connectivity index (χ3n) is 4.30. The fourth-order valence-electron chi connectivity index (χ4n) is 3.00. The van der Waals surface area contributed by atoms with Gasteiger partial charge in [0, 0.05) is 26.2 Å². The van der Waals surface area contributed by atoms with E-state index in [1.165, 1.54) is 10.4 Å². The zero-order chi connectivity index (χ0) is 16.4. The van der Waals surface area contributed by atoms with Crippen molar-refractivity contribution in [2.75, 3.05) is 32.7 Å². The van der Waals surface area contributed by atoms with Gasteiger partial charge in [-0.1, -0.05) is 18.0 Å². The fourth-order valence-corrected chi connectivity index (χ4v) is 6.05. The van der Waals surface area contributed by atoms with E-state index in [-0.39, 0.29) is 16.2 Å². The zero-order valence-corrected chi connectivity index (χ0v) is 15.1. The minimum absolute atomic E-state index is 0.0981. The molecule has 0 radical (unpaired) electrons. The maximum Gasteiger partial charge on any atom is 0.252 e. The predicted molar refractivity (Wildman–Crippen MR) is 90.3 cm³/mol. The van der Waals surface area contributed by atoms with E-state index in [9.17, 15) is 13.2 Å². The second-order valence-electron chi connectivity index (χ2n) is 5.79. The number of hydrogen-bond acceptors (Lipinski definition) is 5. The van der Waals surface area contributed by atoms with Crippen LogP contribution in [0.15, 0.2) is 16.3 Å². The maximum absolute atomic E-state index is 12.5. The van der Waals surface area contributed by atoms with E-state index in [2.05, 4.69) is 5.32 Å². The molecule has 1 aromatic heterocycles. The molecule has 2 aliphatic heterocycles. The number of sulfonamides is 1. The van der Waals surface area contributed by atoms with Crippen molar-refractivity contribution < 1.29 is 13.2 Å². The van der Waals surface area contributed by atoms with E-state index in [0.29, 0.717) is 30.5 Å². The molecule has 0 saturated carbocycles. The number of amides is 1. The van der Waals surface area contributed by atoms with Crippen LogP contribution < -0.4 is 5.32 Å². The summed E-state index contributed by atoms with van der Waals surface area (Å²) < 4.78 is 27.2. The van der Waals surface area contributed by atoms with Gasteiger partial charge in [0.25, 0.3) is 10.0 Å². The van der Waals surface area contributed by atoms with Crippen molar-refractivity contribution in [2.45, 2.75) is 29.5 Å². The van der Waals surface area contributed by atoms with E-state index in [0.717, 1.165) is 37.1 Å². The van der Waals surface area contributed by atoms with Gasteiger partial charge in [-0.15, -0.1) is 11.3 Å². The standard InChI is InChI=1S/C14H20ClN3O3S2/c15-12-4-5-13(22-12)23(20,21)18-9-7-17(8-10-18)14(19)11-3-1-2-6-16-11/h4-5,11,16H,1-3,6-10H2. The van der Waals surface area contributed by atoms with Crippen LogP contribution in [-0.2, 0) is 14.8 Å². The van der Waals surface area contributed by atoms with Crippen molar-refractivity contribution in [2.24, 2.45) is 0 Å². The lowest BCUT2D eigenvalue weighted by atomic mass is 10.0. The number of thiophene rings is 1. The molecule has 1 N–H and O–H groups in total. The molecule has 3 rings (SSSR count). The normalized spacial score (nSPS) is 23.9. The van der Waals surface area contributed by atoms with Gasteiger partial charge in [0.1, 0.15) is 4.21 Å². The minimum Gasteiger partial charge on any atom is -0.339 e. The van der Waals surface area contributed by atoms with Crippen LogP contribution in [0.2, 0.25) is 4.34 Å². The van der Waals surface area contributed by atoms with Gasteiger partial charge in [-0.3, -0.25) is 4.79 Å². The van der Waals surface area contributed by atoms with E-state index in [4.69, 9.17) is 11.6 Å². The molecule has 3 heterocycles. The van der Waals surface area contributed by atoms with Crippen molar-refractivity contribution in [1.82, 2.24) is 14.5 Å². The Labute approximate surface area is 145 Å². The number of carbonyl (C=O) groups is 1. The molecule has 1 amide bonds. The first-order valence-electron chi connectivity index (χ1n) is 7.76. The Bertz CT molecular complexity index is 663. The highest BCUT2D eigenvalue weighted by atomic mass is 35.5. The molecule has 0 aliphatic carbocycles. The third kappa shape index (κ3) is 3.71. The Kier molecular flexibility index (Phi) is 5.27. The van der Waals surface area contributed by atoms with Gasteiger partial charge in [-0.25, -0.2) is 8.42 Å². The molecule has 0 spiro atoms. The van der Waals surface area contributed by atoms with Crippen molar-refractivity contribution in [1.29, 1.82) is 0 Å². The number of nitrogens with one attached hydrogen (secondary N) is 1. The van der Waals surface area contributed by atoms with Gasteiger partial charge in [-0.2, -0.15) is 4.31 Å². The molecule has 23 heavy (non-hydrogen) atoms. The summed E-state index contributed by atoms with van der Waals surface area (Å²) in [6.45, 7) is 2.42. The first kappa shape index (κ1) is 17.2. The average Bonchev–Trinajstić information content (AvgIpc) is 3.02. The molecule has 1 atom stereocenters. The van der Waals surface area contributed by atoms with Gasteiger partial charge in [0.15, 0.2) is 0 Å². The Morgan fingerprint density at radius 1 is 1.22 bits per heavy atom. The first-order valence-corrected chi connectivity index (χ1v) is 10.4. The van der Waals surface area contributed by atoms with Crippen LogP contribution in [-0.4, -0.2) is 62.3 Å². The highest BCUT2D eigenvalue weighted by Gasteiger charge is 2.33. The Hall–Kier alpha value is -0.670. The summed E-state index contributed by atoms with van der Waals surface area (Å²) in [5.74, 6) is 0.0981. The predicted octanol–water partition coefficient (Wildman–Crippen LogP) is 1.38. The molecule has 0 bridgehead atoms. The number of halogens is 1. The zero-order valence-electron chi connectivity index (χ0n) is 12.7. The second-order valence-corrected chi connectivity index (χ2v) is 9.67. The average molecular weight is 378 g/mol. The van der Waals surface area contributed by atoms with E-state index in [1.807, 2.05) is 0 Å². The molecule has 1 unspecified atom stereocenters. The smallest absolute Gasteiger partial charge is 0.252 e. The molecule has 2 saturated heterocycles. The highest BCUT2D eigenvalue weighted by Crippen LogP contribution is 2.28. The van der Waals surface area contributed by atoms with Gasteiger partial charge in [-0.05, 0) is 31.5 Å². The molecule has 2 fully saturated rings. The first-order chi connectivity index (χ1) is 11.0. The van der Waals surface area contributed by atoms with E-state index >= 15 is 0 Å². The number of carbonyl (C=O) groups excluding carboxylic acids is 1. The quantitative estimate of drug-likeness (QED) is 0.863. The topological polar surface area (TPSA) is 69.7 Å². The molecule has 1 aromatic rings. The number of piperidine rings is 1. The second kappa shape index (κ2) is 7.06. The van der Waals surface area contributed by atoms with Crippen molar-refractivity contribution in [3.05, 3.63) is 16.5 Å². The summed E-state index contributed by atoms with van der Waals surface area (Å²) in [4.78, 5) is 14.2. The molecular formula is C14H20ClN3O3S2. The lowest BCUT2D eigenvalue weighted by Crippen LogP contribution is -2.55. The van der Waals surface area contributed by atoms with Crippen molar-refractivity contribution >= 4 is 38.9 Å². The SMILES string of the molecule is O=C(C1CCCCN1)N1CCN(S(=O)(=O)c2ccc(Cl)s2)CC1. The third-order valence-corrected chi connectivity index (χ3v) is 7.90. The van der Waals surface area contributed by atoms with Crippen LogP contribution in [0, 0.1) is 0 Å². The van der Waals surface area contributed by atoms with Crippen LogP contribution in [0.1, 0.15) is 19.3 Å². The van der Waals surface area contributed by atoms with Crippen LogP contribution in [0.4, 0.5) is 0 Å². The molecule has 0 aromatic carbocycles. The number of nitrogens with zero attached hydrogens (tertiary/aromatic N) is 2. The molecular weight excluding hydrogens is 358 g/mol. The van der Waals surface area contributed by atoms with Gasteiger partial charge >= 0.3 is 0 Å². The van der Waals surface area contributed by atoms with Gasteiger partial charge in [0.2, 0.25) is 5.91 Å². The van der Waals surface area contributed by atoms with Crippen LogP contribution >= 0.6 is 22.9 Å². The summed E-state index contributed by atoms with van der Waals surface area (Å²) in [6, 6.07) is 3.02. The molecule has 9 heteroatoms. The Morgan fingerprint density at radius 2 is 1.96 bits per heavy atom. The van der Waals surface area contributed by atoms with Crippen molar-refractivity contribution in [3.63, 3.8) is 0 Å². The van der Waals surface area contributed by atoms with Gasteiger partial charge < -0.3 is 10.2 Å². The molecule has 6 nitrogen and oxygen atoms in total. The lowest BCUT2D eigenvalue weighted by molar-refractivity contribution is -0.135. The molecule has 2 aliphatic rings. The summed E-state index contributed by atoms with van der Waals surface area (Å²) in [6.07, 6.45) is 3.04. The largest absolute Gasteiger partial charge is 0.339 e. The van der Waals surface area contributed by atoms with E-state index in [1.54, 1.807) is 11.0 Å². The van der Waals surface area contributed by atoms with Crippen LogP contribution in [0.5, 0.6) is 0 Å². The van der Waals surface area contributed by atoms with E-state index < -0.39 is 10.0 Å². The summed E-state index contributed by atoms with van der Waals surface area (Å²) in [5.41, 5.74) is 0. The monoisotopic (exact) mass is 377 g/mol. The number of piperazine rings is 1. The van der Waals surface area contributed by atoms with Crippen LogP contribution in [0.25, 0.3) is 0 Å². The summed E-state index contributed by atoms with van der Waals surface area (Å²) in [7, 11) is -3.50. The minimum atomic E-state index is -3.50. The Morgan fingerprint density at radius 3 is 2.52 bits per heavy atom. The van der Waals surface area contributed by atoms with Crippen LogP contribution in [0.3, 0.4) is 0 Å². The highest BCUT2D eigenvalue weighted by molar-refractivity contribution is 7.91. The van der Waals surface area contributed by atoms with Gasteiger partial charge in [0.05, 0.1) is 10.4 Å². The number of hydrogen-bond donors (Lipinski definition) is 1. The fraction of sp³-hybridized carbons (Fsp3) is 0.643.